The molecule has 1 unspecified atom stereocenters. The van der Waals surface area contributed by atoms with E-state index in [2.05, 4.69) is 17.2 Å². The Hall–Kier alpha value is -1.42. The van der Waals surface area contributed by atoms with Crippen molar-refractivity contribution in [3.8, 4) is 0 Å². The maximum Gasteiger partial charge on any atom is 0.306 e. The van der Waals surface area contributed by atoms with Crippen LogP contribution in [0.25, 0.3) is 0 Å². The SMILES string of the molecule is CC(NC1CCC(C(=O)O)CC1)c1ccccn1. The van der Waals surface area contributed by atoms with Gasteiger partial charge in [-0.25, -0.2) is 0 Å². The summed E-state index contributed by atoms with van der Waals surface area (Å²) >= 11 is 0. The molecule has 1 saturated carbocycles. The molecule has 0 saturated heterocycles. The lowest BCUT2D eigenvalue weighted by Crippen LogP contribution is -2.36. The molecular weight excluding hydrogens is 228 g/mol. The van der Waals surface area contributed by atoms with Gasteiger partial charge in [-0.3, -0.25) is 9.78 Å². The zero-order chi connectivity index (χ0) is 13.0. The summed E-state index contributed by atoms with van der Waals surface area (Å²) < 4.78 is 0. The second-order valence-corrected chi connectivity index (χ2v) is 5.03. The molecule has 1 heterocycles. The van der Waals surface area contributed by atoms with Crippen molar-refractivity contribution in [1.29, 1.82) is 0 Å². The van der Waals surface area contributed by atoms with Gasteiger partial charge in [-0.2, -0.15) is 0 Å². The molecule has 1 atom stereocenters. The van der Waals surface area contributed by atoms with Gasteiger partial charge in [0.2, 0.25) is 0 Å². The molecule has 0 amide bonds. The summed E-state index contributed by atoms with van der Waals surface area (Å²) in [6.07, 6.45) is 5.24. The van der Waals surface area contributed by atoms with E-state index >= 15 is 0 Å². The van der Waals surface area contributed by atoms with Crippen LogP contribution in [0.3, 0.4) is 0 Å². The van der Waals surface area contributed by atoms with E-state index in [-0.39, 0.29) is 12.0 Å². The first-order valence-electron chi connectivity index (χ1n) is 6.56. The molecular formula is C14H20N2O2. The predicted molar refractivity (Wildman–Crippen MR) is 69.2 cm³/mol. The topological polar surface area (TPSA) is 62.2 Å². The van der Waals surface area contributed by atoms with Crippen LogP contribution in [0.2, 0.25) is 0 Å². The minimum absolute atomic E-state index is 0.145. The fourth-order valence-corrected chi connectivity index (χ4v) is 2.58. The highest BCUT2D eigenvalue weighted by molar-refractivity contribution is 5.70. The van der Waals surface area contributed by atoms with Crippen molar-refractivity contribution in [1.82, 2.24) is 10.3 Å². The molecule has 1 aliphatic rings. The molecule has 4 heteroatoms. The fourth-order valence-electron chi connectivity index (χ4n) is 2.58. The van der Waals surface area contributed by atoms with E-state index in [9.17, 15) is 4.79 Å². The lowest BCUT2D eigenvalue weighted by Gasteiger charge is -2.29. The first-order chi connectivity index (χ1) is 8.66. The van der Waals surface area contributed by atoms with Crippen LogP contribution in [0.15, 0.2) is 24.4 Å². The Morgan fingerprint density at radius 1 is 1.39 bits per heavy atom. The average molecular weight is 248 g/mol. The first-order valence-corrected chi connectivity index (χ1v) is 6.56. The molecule has 2 rings (SSSR count). The standard InChI is InChI=1S/C14H20N2O2/c1-10(13-4-2-3-9-15-13)16-12-7-5-11(6-8-12)14(17)18/h2-4,9-12,16H,5-8H2,1H3,(H,17,18). The highest BCUT2D eigenvalue weighted by Gasteiger charge is 2.26. The van der Waals surface area contributed by atoms with E-state index in [4.69, 9.17) is 5.11 Å². The third-order valence-electron chi connectivity index (χ3n) is 3.69. The van der Waals surface area contributed by atoms with Gasteiger partial charge in [-0.1, -0.05) is 6.07 Å². The van der Waals surface area contributed by atoms with Crippen LogP contribution in [0, 0.1) is 5.92 Å². The average Bonchev–Trinajstić information content (AvgIpc) is 2.40. The number of aliphatic carboxylic acids is 1. The van der Waals surface area contributed by atoms with Crippen molar-refractivity contribution >= 4 is 5.97 Å². The smallest absolute Gasteiger partial charge is 0.306 e. The van der Waals surface area contributed by atoms with Gasteiger partial charge in [0, 0.05) is 18.3 Å². The molecule has 1 aromatic rings. The van der Waals surface area contributed by atoms with E-state index in [0.29, 0.717) is 6.04 Å². The van der Waals surface area contributed by atoms with E-state index < -0.39 is 5.97 Å². The van der Waals surface area contributed by atoms with Gasteiger partial charge in [-0.05, 0) is 44.7 Å². The zero-order valence-corrected chi connectivity index (χ0v) is 10.7. The Morgan fingerprint density at radius 3 is 2.67 bits per heavy atom. The van der Waals surface area contributed by atoms with Crippen LogP contribution < -0.4 is 5.32 Å². The lowest BCUT2D eigenvalue weighted by atomic mass is 9.86. The second kappa shape index (κ2) is 5.96. The molecule has 2 N–H and O–H groups in total. The van der Waals surface area contributed by atoms with Gasteiger partial charge < -0.3 is 10.4 Å². The van der Waals surface area contributed by atoms with Gasteiger partial charge in [0.15, 0.2) is 0 Å². The van der Waals surface area contributed by atoms with E-state index in [1.165, 1.54) is 0 Å². The van der Waals surface area contributed by atoms with Gasteiger partial charge in [0.1, 0.15) is 0 Å². The van der Waals surface area contributed by atoms with Crippen LogP contribution >= 0.6 is 0 Å². The Morgan fingerprint density at radius 2 is 2.11 bits per heavy atom. The number of aromatic nitrogens is 1. The number of carbonyl (C=O) groups is 1. The van der Waals surface area contributed by atoms with Crippen LogP contribution in [-0.4, -0.2) is 22.1 Å². The summed E-state index contributed by atoms with van der Waals surface area (Å²) in [5.74, 6) is -0.792. The number of hydrogen-bond donors (Lipinski definition) is 2. The van der Waals surface area contributed by atoms with Gasteiger partial charge in [-0.15, -0.1) is 0 Å². The number of nitrogens with one attached hydrogen (secondary N) is 1. The summed E-state index contributed by atoms with van der Waals surface area (Å²) in [6.45, 7) is 2.10. The van der Waals surface area contributed by atoms with Crippen molar-refractivity contribution in [3.05, 3.63) is 30.1 Å². The monoisotopic (exact) mass is 248 g/mol. The summed E-state index contributed by atoms with van der Waals surface area (Å²) in [5, 5.41) is 12.5. The maximum atomic E-state index is 10.9. The Bertz CT molecular complexity index is 386. The second-order valence-electron chi connectivity index (χ2n) is 5.03. The fraction of sp³-hybridized carbons (Fsp3) is 0.571. The van der Waals surface area contributed by atoms with E-state index in [0.717, 1.165) is 31.4 Å². The Labute approximate surface area is 107 Å². The van der Waals surface area contributed by atoms with Crippen molar-refractivity contribution in [2.45, 2.75) is 44.7 Å². The van der Waals surface area contributed by atoms with E-state index in [1.54, 1.807) is 6.20 Å². The summed E-state index contributed by atoms with van der Waals surface area (Å²) in [5.41, 5.74) is 1.04. The minimum Gasteiger partial charge on any atom is -0.481 e. The maximum absolute atomic E-state index is 10.9. The van der Waals surface area contributed by atoms with Crippen molar-refractivity contribution in [3.63, 3.8) is 0 Å². The number of rotatable bonds is 4. The van der Waals surface area contributed by atoms with Crippen LogP contribution in [0.1, 0.15) is 44.3 Å². The molecule has 0 spiro atoms. The van der Waals surface area contributed by atoms with Gasteiger partial charge in [0.05, 0.1) is 11.6 Å². The Balaban J connectivity index is 1.83. The normalized spacial score (nSPS) is 25.6. The molecule has 18 heavy (non-hydrogen) atoms. The predicted octanol–water partition coefficient (Wildman–Crippen LogP) is 2.38. The molecule has 1 aliphatic carbocycles. The van der Waals surface area contributed by atoms with Crippen molar-refractivity contribution in [2.75, 3.05) is 0 Å². The molecule has 4 nitrogen and oxygen atoms in total. The van der Waals surface area contributed by atoms with Gasteiger partial charge >= 0.3 is 5.97 Å². The largest absolute Gasteiger partial charge is 0.481 e. The van der Waals surface area contributed by atoms with Crippen LogP contribution in [-0.2, 0) is 4.79 Å². The summed E-state index contributed by atoms with van der Waals surface area (Å²) in [7, 11) is 0. The lowest BCUT2D eigenvalue weighted by molar-refractivity contribution is -0.142. The highest BCUT2D eigenvalue weighted by atomic mass is 16.4. The molecule has 98 valence electrons. The summed E-state index contributed by atoms with van der Waals surface area (Å²) in [6, 6.07) is 6.55. The molecule has 0 bridgehead atoms. The number of pyridine rings is 1. The third kappa shape index (κ3) is 3.29. The van der Waals surface area contributed by atoms with Crippen LogP contribution in [0.5, 0.6) is 0 Å². The molecule has 1 fully saturated rings. The van der Waals surface area contributed by atoms with Gasteiger partial charge in [0.25, 0.3) is 0 Å². The van der Waals surface area contributed by atoms with Crippen molar-refractivity contribution in [2.24, 2.45) is 5.92 Å². The zero-order valence-electron chi connectivity index (χ0n) is 10.7. The summed E-state index contributed by atoms with van der Waals surface area (Å²) in [4.78, 5) is 15.2. The highest BCUT2D eigenvalue weighted by Crippen LogP contribution is 2.26. The molecule has 1 aromatic heterocycles. The Kier molecular flexibility index (Phi) is 4.31. The molecule has 0 aliphatic heterocycles. The van der Waals surface area contributed by atoms with Crippen LogP contribution in [0.4, 0.5) is 0 Å². The quantitative estimate of drug-likeness (QED) is 0.858. The number of hydrogen-bond acceptors (Lipinski definition) is 3. The first kappa shape index (κ1) is 13.0. The number of nitrogens with zero attached hydrogens (tertiary/aromatic N) is 1. The number of carboxylic acids is 1. The minimum atomic E-state index is -0.647. The molecule has 0 aromatic carbocycles. The third-order valence-corrected chi connectivity index (χ3v) is 3.69. The van der Waals surface area contributed by atoms with E-state index in [1.807, 2.05) is 18.2 Å². The van der Waals surface area contributed by atoms with Crippen molar-refractivity contribution < 1.29 is 9.90 Å². The molecule has 0 radical (unpaired) electrons. The number of carboxylic acid groups (broad SMARTS) is 1.